The van der Waals surface area contributed by atoms with Crippen LogP contribution in [0.4, 0.5) is 4.79 Å². The Morgan fingerprint density at radius 1 is 1.27 bits per heavy atom. The standard InChI is InChI=1S/C17H29BN2O5S/c1-15(2,3)23-14(21)19-9-8-10-22-13-12(11-26-20-13)18-24-16(4,5)17(6,7)25-18/h11H,8-10H2,1-7H3,(H,19,21). The number of hydrogen-bond acceptors (Lipinski definition) is 7. The quantitative estimate of drug-likeness (QED) is 0.600. The van der Waals surface area contributed by atoms with Gasteiger partial charge in [0.25, 0.3) is 0 Å². The molecule has 1 fully saturated rings. The molecule has 0 atom stereocenters. The van der Waals surface area contributed by atoms with Crippen LogP contribution in [0.5, 0.6) is 5.88 Å². The fraction of sp³-hybridized carbons (Fsp3) is 0.765. The molecule has 2 rings (SSSR count). The van der Waals surface area contributed by atoms with Crippen molar-refractivity contribution in [3.63, 3.8) is 0 Å². The molecule has 1 aromatic rings. The van der Waals surface area contributed by atoms with Crippen LogP contribution >= 0.6 is 11.5 Å². The van der Waals surface area contributed by atoms with E-state index in [1.54, 1.807) is 0 Å². The van der Waals surface area contributed by atoms with E-state index in [1.807, 2.05) is 53.8 Å². The summed E-state index contributed by atoms with van der Waals surface area (Å²) in [5.41, 5.74) is -0.518. The lowest BCUT2D eigenvalue weighted by Gasteiger charge is -2.32. The van der Waals surface area contributed by atoms with Gasteiger partial charge < -0.3 is 24.1 Å². The van der Waals surface area contributed by atoms with Crippen LogP contribution in [0.3, 0.4) is 0 Å². The van der Waals surface area contributed by atoms with E-state index in [-0.39, 0.29) is 0 Å². The maximum Gasteiger partial charge on any atom is 0.501 e. The largest absolute Gasteiger partial charge is 0.501 e. The molecule has 1 aliphatic rings. The van der Waals surface area contributed by atoms with Crippen molar-refractivity contribution in [3.8, 4) is 5.88 Å². The van der Waals surface area contributed by atoms with Crippen LogP contribution in [0.25, 0.3) is 0 Å². The molecule has 146 valence electrons. The third-order valence-electron chi connectivity index (χ3n) is 4.30. The predicted octanol–water partition coefficient (Wildman–Crippen LogP) is 2.74. The molecular weight excluding hydrogens is 355 g/mol. The Hall–Kier alpha value is -1.32. The summed E-state index contributed by atoms with van der Waals surface area (Å²) in [5.74, 6) is 0.519. The van der Waals surface area contributed by atoms with Crippen molar-refractivity contribution >= 4 is 30.2 Å². The Morgan fingerprint density at radius 2 is 1.88 bits per heavy atom. The van der Waals surface area contributed by atoms with Gasteiger partial charge in [0.15, 0.2) is 0 Å². The average Bonchev–Trinajstić information content (AvgIpc) is 2.99. The summed E-state index contributed by atoms with van der Waals surface area (Å²) in [4.78, 5) is 11.6. The summed E-state index contributed by atoms with van der Waals surface area (Å²) in [6, 6.07) is 0. The zero-order valence-corrected chi connectivity index (χ0v) is 17.5. The number of nitrogens with one attached hydrogen (secondary N) is 1. The molecule has 2 heterocycles. The molecule has 1 N–H and O–H groups in total. The van der Waals surface area contributed by atoms with Gasteiger partial charge in [-0.3, -0.25) is 0 Å². The molecule has 0 radical (unpaired) electrons. The van der Waals surface area contributed by atoms with Crippen molar-refractivity contribution in [1.82, 2.24) is 9.69 Å². The molecule has 0 aliphatic carbocycles. The summed E-state index contributed by atoms with van der Waals surface area (Å²) in [5, 5.41) is 4.59. The molecular formula is C17H29BN2O5S. The molecule has 7 nitrogen and oxygen atoms in total. The number of rotatable bonds is 6. The van der Waals surface area contributed by atoms with E-state index in [2.05, 4.69) is 9.69 Å². The number of ether oxygens (including phenoxy) is 2. The summed E-state index contributed by atoms with van der Waals surface area (Å²) in [7, 11) is -0.492. The predicted molar refractivity (Wildman–Crippen MR) is 102 cm³/mol. The van der Waals surface area contributed by atoms with Gasteiger partial charge in [-0.25, -0.2) is 4.79 Å². The molecule has 0 aromatic carbocycles. The Bertz CT molecular complexity index is 611. The highest BCUT2D eigenvalue weighted by Gasteiger charge is 2.53. The van der Waals surface area contributed by atoms with Crippen molar-refractivity contribution in [1.29, 1.82) is 0 Å². The molecule has 0 spiro atoms. The van der Waals surface area contributed by atoms with E-state index < -0.39 is 30.0 Å². The number of amides is 1. The topological polar surface area (TPSA) is 78.9 Å². The number of aromatic nitrogens is 1. The Morgan fingerprint density at radius 3 is 2.46 bits per heavy atom. The second kappa shape index (κ2) is 7.74. The molecule has 9 heteroatoms. The van der Waals surface area contributed by atoms with Crippen LogP contribution in [-0.4, -0.2) is 47.5 Å². The van der Waals surface area contributed by atoms with E-state index in [0.717, 1.165) is 5.46 Å². The fourth-order valence-electron chi connectivity index (χ4n) is 2.22. The Kier molecular flexibility index (Phi) is 6.25. The van der Waals surface area contributed by atoms with Crippen molar-refractivity contribution in [3.05, 3.63) is 5.38 Å². The lowest BCUT2D eigenvalue weighted by Crippen LogP contribution is -2.41. The van der Waals surface area contributed by atoms with Gasteiger partial charge in [-0.1, -0.05) is 0 Å². The Balaban J connectivity index is 1.79. The SMILES string of the molecule is CC(C)(C)OC(=O)NCCCOc1nscc1B1OC(C)(C)C(C)(C)O1. The summed E-state index contributed by atoms with van der Waals surface area (Å²) >= 11 is 1.30. The number of hydrogen-bond donors (Lipinski definition) is 1. The second-order valence-electron chi connectivity index (χ2n) is 8.29. The van der Waals surface area contributed by atoms with E-state index >= 15 is 0 Å². The van der Waals surface area contributed by atoms with Crippen molar-refractivity contribution in [2.75, 3.05) is 13.2 Å². The minimum atomic E-state index is -0.501. The minimum Gasteiger partial charge on any atom is -0.477 e. The third kappa shape index (κ3) is 5.34. The van der Waals surface area contributed by atoms with Crippen molar-refractivity contribution < 1.29 is 23.6 Å². The molecule has 0 saturated carbocycles. The second-order valence-corrected chi connectivity index (χ2v) is 8.92. The van der Waals surface area contributed by atoms with Crippen LogP contribution in [0.2, 0.25) is 0 Å². The monoisotopic (exact) mass is 384 g/mol. The molecule has 1 aromatic heterocycles. The first kappa shape index (κ1) is 21.0. The van der Waals surface area contributed by atoms with E-state index in [1.165, 1.54) is 11.5 Å². The van der Waals surface area contributed by atoms with Crippen LogP contribution in [0.15, 0.2) is 5.38 Å². The van der Waals surface area contributed by atoms with Gasteiger partial charge in [-0.15, -0.1) is 0 Å². The maximum atomic E-state index is 11.6. The third-order valence-corrected chi connectivity index (χ3v) is 4.93. The van der Waals surface area contributed by atoms with Gasteiger partial charge in [0, 0.05) is 11.9 Å². The van der Waals surface area contributed by atoms with Crippen LogP contribution in [-0.2, 0) is 14.0 Å². The highest BCUT2D eigenvalue weighted by molar-refractivity contribution is 7.05. The first-order chi connectivity index (χ1) is 11.9. The van der Waals surface area contributed by atoms with Gasteiger partial charge in [-0.2, -0.15) is 4.37 Å². The number of carbonyl (C=O) groups excluding carboxylic acids is 1. The number of alkyl carbamates (subject to hydrolysis) is 1. The number of nitrogens with zero attached hydrogens (tertiary/aromatic N) is 1. The molecule has 0 bridgehead atoms. The molecule has 1 aliphatic heterocycles. The molecule has 1 amide bonds. The average molecular weight is 384 g/mol. The normalized spacial score (nSPS) is 18.7. The lowest BCUT2D eigenvalue weighted by molar-refractivity contribution is 0.00578. The van der Waals surface area contributed by atoms with Crippen LogP contribution in [0, 0.1) is 0 Å². The highest BCUT2D eigenvalue weighted by Crippen LogP contribution is 2.37. The first-order valence-corrected chi connectivity index (χ1v) is 9.64. The highest BCUT2D eigenvalue weighted by atomic mass is 32.1. The van der Waals surface area contributed by atoms with Gasteiger partial charge in [-0.05, 0) is 66.4 Å². The summed E-state index contributed by atoms with van der Waals surface area (Å²) < 4.78 is 27.3. The van der Waals surface area contributed by atoms with Crippen LogP contribution in [0.1, 0.15) is 54.9 Å². The summed E-state index contributed by atoms with van der Waals surface area (Å²) in [6.07, 6.45) is 0.212. The molecule has 26 heavy (non-hydrogen) atoms. The van der Waals surface area contributed by atoms with Crippen molar-refractivity contribution in [2.24, 2.45) is 0 Å². The summed E-state index contributed by atoms with van der Waals surface area (Å²) in [6.45, 7) is 14.4. The lowest BCUT2D eigenvalue weighted by atomic mass is 9.81. The zero-order chi connectivity index (χ0) is 19.6. The first-order valence-electron chi connectivity index (χ1n) is 8.81. The van der Waals surface area contributed by atoms with Gasteiger partial charge in [0.05, 0.1) is 23.3 Å². The van der Waals surface area contributed by atoms with Crippen molar-refractivity contribution in [2.45, 2.75) is 71.7 Å². The maximum absolute atomic E-state index is 11.6. The number of carbonyl (C=O) groups is 1. The van der Waals surface area contributed by atoms with Gasteiger partial charge in [0.2, 0.25) is 5.88 Å². The van der Waals surface area contributed by atoms with Crippen LogP contribution < -0.4 is 15.5 Å². The van der Waals surface area contributed by atoms with E-state index in [9.17, 15) is 4.79 Å². The molecule has 0 unspecified atom stereocenters. The van der Waals surface area contributed by atoms with Gasteiger partial charge in [0.1, 0.15) is 5.60 Å². The van der Waals surface area contributed by atoms with E-state index in [0.29, 0.717) is 25.5 Å². The van der Waals surface area contributed by atoms with E-state index in [4.69, 9.17) is 18.8 Å². The molecule has 1 saturated heterocycles. The minimum absolute atomic E-state index is 0.409. The zero-order valence-electron chi connectivity index (χ0n) is 16.7. The fourth-order valence-corrected chi connectivity index (χ4v) is 2.85. The Labute approximate surface area is 160 Å². The smallest absolute Gasteiger partial charge is 0.477 e. The van der Waals surface area contributed by atoms with Gasteiger partial charge >= 0.3 is 13.2 Å².